The Hall–Kier alpha value is -1.57. The van der Waals surface area contributed by atoms with Crippen LogP contribution >= 0.6 is 23.4 Å². The zero-order valence-corrected chi connectivity index (χ0v) is 17.1. The summed E-state index contributed by atoms with van der Waals surface area (Å²) in [7, 11) is 0. The summed E-state index contributed by atoms with van der Waals surface area (Å²) >= 11 is 7.32. The summed E-state index contributed by atoms with van der Waals surface area (Å²) in [4.78, 5) is 29.7. The number of hydrogen-bond donors (Lipinski definition) is 1. The van der Waals surface area contributed by atoms with Crippen molar-refractivity contribution in [3.8, 4) is 0 Å². The summed E-state index contributed by atoms with van der Waals surface area (Å²) in [6, 6.07) is 5.07. The number of nitrogens with zero attached hydrogens (tertiary/aromatic N) is 2. The maximum atomic E-state index is 12.9. The molecule has 1 aromatic carbocycles. The van der Waals surface area contributed by atoms with Gasteiger partial charge in [0.2, 0.25) is 5.91 Å². The van der Waals surface area contributed by atoms with Crippen LogP contribution in [0.15, 0.2) is 28.2 Å². The fraction of sp³-hybridized carbons (Fsp3) is 0.526. The van der Waals surface area contributed by atoms with Crippen LogP contribution in [0, 0.1) is 5.92 Å². The zero-order valence-electron chi connectivity index (χ0n) is 15.5. The number of fused-ring (bicyclic) bond motifs is 1. The molecule has 1 saturated heterocycles. The van der Waals surface area contributed by atoms with E-state index >= 15 is 0 Å². The van der Waals surface area contributed by atoms with E-state index in [2.05, 4.69) is 10.3 Å². The molecule has 0 spiro atoms. The molecular formula is C19H24ClN3O3S. The molecule has 1 atom stereocenters. The Labute approximate surface area is 167 Å². The minimum atomic E-state index is -0.104. The van der Waals surface area contributed by atoms with Crippen LogP contribution in [0.25, 0.3) is 10.9 Å². The van der Waals surface area contributed by atoms with Crippen molar-refractivity contribution in [2.45, 2.75) is 44.5 Å². The van der Waals surface area contributed by atoms with Crippen molar-refractivity contribution >= 4 is 40.2 Å². The predicted molar refractivity (Wildman–Crippen MR) is 109 cm³/mol. The molecular weight excluding hydrogens is 386 g/mol. The highest BCUT2D eigenvalue weighted by atomic mass is 35.5. The van der Waals surface area contributed by atoms with Gasteiger partial charge in [0.05, 0.1) is 22.8 Å². The lowest BCUT2D eigenvalue weighted by Crippen LogP contribution is -2.33. The van der Waals surface area contributed by atoms with E-state index in [1.807, 2.05) is 13.8 Å². The second kappa shape index (κ2) is 9.08. The molecule has 0 saturated carbocycles. The quantitative estimate of drug-likeness (QED) is 0.562. The number of thioether (sulfide) groups is 1. The average Bonchev–Trinajstić information content (AvgIpc) is 3.14. The van der Waals surface area contributed by atoms with Crippen molar-refractivity contribution in [2.24, 2.45) is 5.92 Å². The first-order valence-corrected chi connectivity index (χ1v) is 10.5. The second-order valence-corrected chi connectivity index (χ2v) is 8.47. The lowest BCUT2D eigenvalue weighted by molar-refractivity contribution is -0.119. The van der Waals surface area contributed by atoms with Crippen LogP contribution in [0.2, 0.25) is 5.02 Å². The number of hydrogen-bond acceptors (Lipinski definition) is 5. The third-order valence-electron chi connectivity index (χ3n) is 4.31. The van der Waals surface area contributed by atoms with E-state index in [0.29, 0.717) is 34.2 Å². The monoisotopic (exact) mass is 409 g/mol. The summed E-state index contributed by atoms with van der Waals surface area (Å²) in [5.74, 6) is 0.387. The highest BCUT2D eigenvalue weighted by Crippen LogP contribution is 2.21. The van der Waals surface area contributed by atoms with Crippen LogP contribution in [0.1, 0.15) is 26.7 Å². The zero-order chi connectivity index (χ0) is 19.4. The number of carbonyl (C=O) groups excluding carboxylic acids is 1. The standard InChI is InChI=1S/C19H24ClN3O3S/c1-12(2)10-23-18(25)15-6-5-13(20)8-16(15)22-19(23)27-11-17(24)21-9-14-4-3-7-26-14/h5-6,8,12,14H,3-4,7,9-11H2,1-2H3,(H,21,24)/t14-/m0/s1. The van der Waals surface area contributed by atoms with Gasteiger partial charge in [0, 0.05) is 24.7 Å². The molecule has 1 N–H and O–H groups in total. The summed E-state index contributed by atoms with van der Waals surface area (Å²) < 4.78 is 7.16. The van der Waals surface area contributed by atoms with Crippen molar-refractivity contribution in [1.82, 2.24) is 14.9 Å². The van der Waals surface area contributed by atoms with E-state index in [4.69, 9.17) is 16.3 Å². The molecule has 8 heteroatoms. The Morgan fingerprint density at radius 1 is 1.48 bits per heavy atom. The molecule has 146 valence electrons. The van der Waals surface area contributed by atoms with Crippen molar-refractivity contribution in [2.75, 3.05) is 18.9 Å². The molecule has 27 heavy (non-hydrogen) atoms. The highest BCUT2D eigenvalue weighted by Gasteiger charge is 2.17. The van der Waals surface area contributed by atoms with Crippen LogP contribution in [0.4, 0.5) is 0 Å². The summed E-state index contributed by atoms with van der Waals surface area (Å²) in [5.41, 5.74) is 0.447. The van der Waals surface area contributed by atoms with Gasteiger partial charge in [0.15, 0.2) is 5.16 Å². The van der Waals surface area contributed by atoms with Gasteiger partial charge in [0.25, 0.3) is 5.56 Å². The molecule has 0 radical (unpaired) electrons. The number of benzene rings is 1. The number of amides is 1. The Morgan fingerprint density at radius 3 is 3.00 bits per heavy atom. The third-order valence-corrected chi connectivity index (χ3v) is 5.52. The molecule has 3 rings (SSSR count). The van der Waals surface area contributed by atoms with Crippen LogP contribution in [-0.4, -0.2) is 40.5 Å². The summed E-state index contributed by atoms with van der Waals surface area (Å²) in [5, 5.41) is 4.50. The average molecular weight is 410 g/mol. The van der Waals surface area contributed by atoms with E-state index in [1.54, 1.807) is 22.8 Å². The van der Waals surface area contributed by atoms with Gasteiger partial charge in [-0.1, -0.05) is 37.2 Å². The molecule has 1 fully saturated rings. The summed E-state index contributed by atoms with van der Waals surface area (Å²) in [6.07, 6.45) is 2.13. The van der Waals surface area contributed by atoms with Crippen molar-refractivity contribution in [3.05, 3.63) is 33.6 Å². The second-order valence-electron chi connectivity index (χ2n) is 7.09. The van der Waals surface area contributed by atoms with Gasteiger partial charge in [-0.15, -0.1) is 0 Å². The first-order chi connectivity index (χ1) is 12.9. The molecule has 2 aromatic rings. The Morgan fingerprint density at radius 2 is 2.30 bits per heavy atom. The Bertz CT molecular complexity index is 878. The number of halogens is 1. The minimum Gasteiger partial charge on any atom is -0.376 e. The normalized spacial score (nSPS) is 17.0. The van der Waals surface area contributed by atoms with Gasteiger partial charge in [0.1, 0.15) is 0 Å². The van der Waals surface area contributed by atoms with Crippen LogP contribution in [-0.2, 0) is 16.1 Å². The highest BCUT2D eigenvalue weighted by molar-refractivity contribution is 7.99. The maximum Gasteiger partial charge on any atom is 0.262 e. The van der Waals surface area contributed by atoms with E-state index in [-0.39, 0.29) is 29.2 Å². The SMILES string of the molecule is CC(C)Cn1c(SCC(=O)NC[C@@H]2CCCO2)nc2cc(Cl)ccc2c1=O. The van der Waals surface area contributed by atoms with Crippen molar-refractivity contribution in [3.63, 3.8) is 0 Å². The lowest BCUT2D eigenvalue weighted by atomic mass is 10.2. The number of nitrogens with one attached hydrogen (secondary N) is 1. The van der Waals surface area contributed by atoms with E-state index in [1.165, 1.54) is 11.8 Å². The Balaban J connectivity index is 1.76. The molecule has 0 aliphatic carbocycles. The van der Waals surface area contributed by atoms with Crippen LogP contribution in [0.5, 0.6) is 0 Å². The fourth-order valence-electron chi connectivity index (χ4n) is 3.02. The fourth-order valence-corrected chi connectivity index (χ4v) is 4.03. The van der Waals surface area contributed by atoms with Gasteiger partial charge in [-0.05, 0) is 37.0 Å². The first kappa shape index (κ1) is 20.2. The number of ether oxygens (including phenoxy) is 1. The number of aromatic nitrogens is 2. The molecule has 2 heterocycles. The van der Waals surface area contributed by atoms with E-state index in [0.717, 1.165) is 19.4 Å². The van der Waals surface area contributed by atoms with Crippen LogP contribution < -0.4 is 10.9 Å². The van der Waals surface area contributed by atoms with Gasteiger partial charge in [-0.3, -0.25) is 14.2 Å². The third kappa shape index (κ3) is 5.24. The molecule has 0 unspecified atom stereocenters. The van der Waals surface area contributed by atoms with Gasteiger partial charge < -0.3 is 10.1 Å². The maximum absolute atomic E-state index is 12.9. The molecule has 6 nitrogen and oxygen atoms in total. The molecule has 1 amide bonds. The number of rotatable bonds is 7. The number of carbonyl (C=O) groups is 1. The molecule has 0 bridgehead atoms. The lowest BCUT2D eigenvalue weighted by Gasteiger charge is -2.15. The smallest absolute Gasteiger partial charge is 0.262 e. The van der Waals surface area contributed by atoms with Gasteiger partial charge >= 0.3 is 0 Å². The Kier molecular flexibility index (Phi) is 6.78. The largest absolute Gasteiger partial charge is 0.376 e. The summed E-state index contributed by atoms with van der Waals surface area (Å²) in [6.45, 7) is 5.92. The first-order valence-electron chi connectivity index (χ1n) is 9.15. The van der Waals surface area contributed by atoms with Crippen molar-refractivity contribution in [1.29, 1.82) is 0 Å². The van der Waals surface area contributed by atoms with Gasteiger partial charge in [-0.2, -0.15) is 0 Å². The van der Waals surface area contributed by atoms with E-state index < -0.39 is 0 Å². The van der Waals surface area contributed by atoms with Gasteiger partial charge in [-0.25, -0.2) is 4.98 Å². The predicted octanol–water partition coefficient (Wildman–Crippen LogP) is 3.09. The van der Waals surface area contributed by atoms with E-state index in [9.17, 15) is 9.59 Å². The van der Waals surface area contributed by atoms with Crippen molar-refractivity contribution < 1.29 is 9.53 Å². The van der Waals surface area contributed by atoms with Crippen LogP contribution in [0.3, 0.4) is 0 Å². The minimum absolute atomic E-state index is 0.0907. The topological polar surface area (TPSA) is 73.2 Å². The molecule has 1 aliphatic rings. The molecule has 1 aromatic heterocycles. The molecule has 1 aliphatic heterocycles.